The van der Waals surface area contributed by atoms with Crippen LogP contribution in [0, 0.1) is 0 Å². The average Bonchev–Trinajstić information content (AvgIpc) is 2.45. The Bertz CT molecular complexity index is 515. The van der Waals surface area contributed by atoms with Crippen molar-refractivity contribution in [3.63, 3.8) is 0 Å². The van der Waals surface area contributed by atoms with Crippen LogP contribution in [-0.4, -0.2) is 60.9 Å². The van der Waals surface area contributed by atoms with E-state index < -0.39 is 5.91 Å². The summed E-state index contributed by atoms with van der Waals surface area (Å²) in [7, 11) is 2.05. The Balaban J connectivity index is 1.87. The highest BCUT2D eigenvalue weighted by atomic mass is 16.5. The van der Waals surface area contributed by atoms with Gasteiger partial charge in [-0.3, -0.25) is 9.59 Å². The predicted octanol–water partition coefficient (Wildman–Crippen LogP) is 0.327. The SMILES string of the molecule is C[C@@H]1CN(C)CCN1C(=O)COc1ccc(C(N)=O)cc1. The van der Waals surface area contributed by atoms with Crippen LogP contribution in [0.2, 0.25) is 0 Å². The minimum absolute atomic E-state index is 0.00394. The molecule has 1 aliphatic rings. The predicted molar refractivity (Wildman–Crippen MR) is 79.1 cm³/mol. The fraction of sp³-hybridized carbons (Fsp3) is 0.467. The standard InChI is InChI=1S/C15H21N3O3/c1-11-9-17(2)7-8-18(11)14(19)10-21-13-5-3-12(4-6-13)15(16)20/h3-6,11H,7-10H2,1-2H3,(H2,16,20)/t11-/m1/s1. The molecule has 0 radical (unpaired) electrons. The van der Waals surface area contributed by atoms with Crippen LogP contribution in [0.15, 0.2) is 24.3 Å². The lowest BCUT2D eigenvalue weighted by Gasteiger charge is -2.38. The van der Waals surface area contributed by atoms with E-state index in [0.29, 0.717) is 11.3 Å². The van der Waals surface area contributed by atoms with Crippen LogP contribution in [-0.2, 0) is 4.79 Å². The van der Waals surface area contributed by atoms with Crippen molar-refractivity contribution < 1.29 is 14.3 Å². The minimum Gasteiger partial charge on any atom is -0.484 e. The van der Waals surface area contributed by atoms with E-state index in [1.165, 1.54) is 0 Å². The highest BCUT2D eigenvalue weighted by molar-refractivity contribution is 5.92. The van der Waals surface area contributed by atoms with Gasteiger partial charge in [0, 0.05) is 31.2 Å². The summed E-state index contributed by atoms with van der Waals surface area (Å²) in [5.41, 5.74) is 5.58. The Morgan fingerprint density at radius 3 is 2.52 bits per heavy atom. The number of nitrogens with two attached hydrogens (primary N) is 1. The third kappa shape index (κ3) is 3.95. The van der Waals surface area contributed by atoms with Gasteiger partial charge in [0.15, 0.2) is 6.61 Å². The molecule has 2 N–H and O–H groups in total. The van der Waals surface area contributed by atoms with Crippen molar-refractivity contribution in [2.75, 3.05) is 33.3 Å². The monoisotopic (exact) mass is 291 g/mol. The molecule has 0 saturated carbocycles. The summed E-state index contributed by atoms with van der Waals surface area (Å²) >= 11 is 0. The maximum absolute atomic E-state index is 12.2. The molecule has 0 aliphatic carbocycles. The topological polar surface area (TPSA) is 75.9 Å². The van der Waals surface area contributed by atoms with E-state index in [1.807, 2.05) is 11.8 Å². The summed E-state index contributed by atoms with van der Waals surface area (Å²) in [5.74, 6) is 0.0496. The number of carbonyl (C=O) groups is 2. The van der Waals surface area contributed by atoms with Gasteiger partial charge in [0.25, 0.3) is 5.91 Å². The normalized spacial score (nSPS) is 19.3. The highest BCUT2D eigenvalue weighted by Gasteiger charge is 2.25. The van der Waals surface area contributed by atoms with E-state index in [0.717, 1.165) is 19.6 Å². The molecule has 1 heterocycles. The molecule has 1 atom stereocenters. The summed E-state index contributed by atoms with van der Waals surface area (Å²) in [6.07, 6.45) is 0. The summed E-state index contributed by atoms with van der Waals surface area (Å²) in [5, 5.41) is 0. The van der Waals surface area contributed by atoms with E-state index in [2.05, 4.69) is 11.9 Å². The molecule has 6 nitrogen and oxygen atoms in total. The molecule has 1 fully saturated rings. The fourth-order valence-electron chi connectivity index (χ4n) is 2.45. The molecule has 1 aliphatic heterocycles. The fourth-order valence-corrected chi connectivity index (χ4v) is 2.45. The van der Waals surface area contributed by atoms with Gasteiger partial charge in [-0.05, 0) is 38.2 Å². The van der Waals surface area contributed by atoms with Gasteiger partial charge >= 0.3 is 0 Å². The number of hydrogen-bond donors (Lipinski definition) is 1. The second kappa shape index (κ2) is 6.58. The second-order valence-corrected chi connectivity index (χ2v) is 5.38. The van der Waals surface area contributed by atoms with E-state index >= 15 is 0 Å². The Labute approximate surface area is 124 Å². The minimum atomic E-state index is -0.483. The Kier molecular flexibility index (Phi) is 4.80. The number of piperazine rings is 1. The lowest BCUT2D eigenvalue weighted by molar-refractivity contribution is -0.137. The van der Waals surface area contributed by atoms with Crippen LogP contribution in [0.5, 0.6) is 5.75 Å². The molecule has 21 heavy (non-hydrogen) atoms. The van der Waals surface area contributed by atoms with Gasteiger partial charge in [-0.15, -0.1) is 0 Å². The third-order valence-corrected chi connectivity index (χ3v) is 3.65. The number of likely N-dealkylation sites (N-methyl/N-ethyl adjacent to an activating group) is 1. The molecule has 2 amide bonds. The van der Waals surface area contributed by atoms with E-state index in [9.17, 15) is 9.59 Å². The quantitative estimate of drug-likeness (QED) is 0.867. The van der Waals surface area contributed by atoms with Crippen LogP contribution in [0.25, 0.3) is 0 Å². The van der Waals surface area contributed by atoms with Crippen LogP contribution < -0.4 is 10.5 Å². The van der Waals surface area contributed by atoms with E-state index in [-0.39, 0.29) is 18.6 Å². The number of hydrogen-bond acceptors (Lipinski definition) is 4. The third-order valence-electron chi connectivity index (χ3n) is 3.65. The number of ether oxygens (including phenoxy) is 1. The van der Waals surface area contributed by atoms with Gasteiger partial charge in [-0.25, -0.2) is 0 Å². The van der Waals surface area contributed by atoms with Crippen LogP contribution in [0.4, 0.5) is 0 Å². The van der Waals surface area contributed by atoms with Crippen LogP contribution >= 0.6 is 0 Å². The first kappa shape index (κ1) is 15.3. The lowest BCUT2D eigenvalue weighted by Crippen LogP contribution is -2.53. The van der Waals surface area contributed by atoms with Gasteiger partial charge in [-0.1, -0.05) is 0 Å². The zero-order valence-corrected chi connectivity index (χ0v) is 12.4. The average molecular weight is 291 g/mol. The molecule has 114 valence electrons. The van der Waals surface area contributed by atoms with Crippen molar-refractivity contribution in [1.29, 1.82) is 0 Å². The summed E-state index contributed by atoms with van der Waals surface area (Å²) in [4.78, 5) is 27.2. The second-order valence-electron chi connectivity index (χ2n) is 5.38. The smallest absolute Gasteiger partial charge is 0.260 e. The first-order valence-electron chi connectivity index (χ1n) is 6.98. The Morgan fingerprint density at radius 1 is 1.29 bits per heavy atom. The lowest BCUT2D eigenvalue weighted by atomic mass is 10.2. The molecule has 0 spiro atoms. The summed E-state index contributed by atoms with van der Waals surface area (Å²) < 4.78 is 5.47. The van der Waals surface area contributed by atoms with Crippen molar-refractivity contribution in [1.82, 2.24) is 9.80 Å². The Hall–Kier alpha value is -2.08. The zero-order valence-electron chi connectivity index (χ0n) is 12.4. The molecule has 1 aromatic carbocycles. The van der Waals surface area contributed by atoms with E-state index in [4.69, 9.17) is 10.5 Å². The number of primary amides is 1. The van der Waals surface area contributed by atoms with E-state index in [1.54, 1.807) is 24.3 Å². The molecule has 1 aromatic rings. The molecule has 0 unspecified atom stereocenters. The van der Waals surface area contributed by atoms with Crippen molar-refractivity contribution in [2.45, 2.75) is 13.0 Å². The van der Waals surface area contributed by atoms with Gasteiger partial charge in [0.2, 0.25) is 5.91 Å². The zero-order chi connectivity index (χ0) is 15.4. The molecule has 1 saturated heterocycles. The van der Waals surface area contributed by atoms with Crippen molar-refractivity contribution in [3.8, 4) is 5.75 Å². The van der Waals surface area contributed by atoms with Crippen LogP contribution in [0.3, 0.4) is 0 Å². The first-order chi connectivity index (χ1) is 9.97. The number of amides is 2. The van der Waals surface area contributed by atoms with Gasteiger partial charge in [-0.2, -0.15) is 0 Å². The molecular weight excluding hydrogens is 270 g/mol. The van der Waals surface area contributed by atoms with Gasteiger partial charge in [0.1, 0.15) is 5.75 Å². The van der Waals surface area contributed by atoms with Crippen molar-refractivity contribution in [2.24, 2.45) is 5.73 Å². The number of benzene rings is 1. The van der Waals surface area contributed by atoms with Crippen molar-refractivity contribution in [3.05, 3.63) is 29.8 Å². The number of rotatable bonds is 4. The molecule has 2 rings (SSSR count). The van der Waals surface area contributed by atoms with Gasteiger partial charge < -0.3 is 20.3 Å². The summed E-state index contributed by atoms with van der Waals surface area (Å²) in [6, 6.07) is 6.64. The van der Waals surface area contributed by atoms with Gasteiger partial charge in [0.05, 0.1) is 0 Å². The number of nitrogens with zero attached hydrogens (tertiary/aromatic N) is 2. The first-order valence-corrected chi connectivity index (χ1v) is 6.98. The molecule has 0 aromatic heterocycles. The molecular formula is C15H21N3O3. The maximum Gasteiger partial charge on any atom is 0.260 e. The largest absolute Gasteiger partial charge is 0.484 e. The van der Waals surface area contributed by atoms with Crippen molar-refractivity contribution >= 4 is 11.8 Å². The Morgan fingerprint density at radius 2 is 1.95 bits per heavy atom. The highest BCUT2D eigenvalue weighted by Crippen LogP contribution is 2.13. The summed E-state index contributed by atoms with van der Waals surface area (Å²) in [6.45, 7) is 4.52. The molecule has 6 heteroatoms. The van der Waals surface area contributed by atoms with Crippen LogP contribution in [0.1, 0.15) is 17.3 Å². The maximum atomic E-state index is 12.2. The molecule has 0 bridgehead atoms. The number of carbonyl (C=O) groups excluding carboxylic acids is 2.